The molecule has 13 heteroatoms. The number of nitriles is 1. The lowest BCUT2D eigenvalue weighted by Crippen LogP contribution is -2.28. The summed E-state index contributed by atoms with van der Waals surface area (Å²) in [5.74, 6) is 0.897. The summed E-state index contributed by atoms with van der Waals surface area (Å²) in [6.07, 6.45) is 1.44. The third-order valence-electron chi connectivity index (χ3n) is 6.21. The number of aromatic nitrogens is 7. The van der Waals surface area contributed by atoms with E-state index in [1.165, 1.54) is 10.7 Å². The quantitative estimate of drug-likeness (QED) is 0.407. The number of aromatic amines is 1. The maximum absolute atomic E-state index is 13.0. The predicted octanol–water partition coefficient (Wildman–Crippen LogP) is 4.23. The SMILES string of the molecule is C[C@@H](c1ccc(C(F)(F)F)nc1)n1nc(C#N)c2c(=O)[nH]c([C@@H]3CC[C@H]3c3ncc(Br)cn3)nc21. The lowest BCUT2D eigenvalue weighted by atomic mass is 9.72. The van der Waals surface area contributed by atoms with Gasteiger partial charge < -0.3 is 4.98 Å². The van der Waals surface area contributed by atoms with Crippen LogP contribution < -0.4 is 5.56 Å². The molecule has 9 nitrogen and oxygen atoms in total. The molecule has 3 atom stereocenters. The van der Waals surface area contributed by atoms with Gasteiger partial charge in [0.15, 0.2) is 11.3 Å². The van der Waals surface area contributed by atoms with Crippen molar-refractivity contribution in [2.45, 2.75) is 43.8 Å². The van der Waals surface area contributed by atoms with Crippen molar-refractivity contribution in [3.05, 3.63) is 74.1 Å². The summed E-state index contributed by atoms with van der Waals surface area (Å²) >= 11 is 3.31. The molecule has 5 rings (SSSR count). The van der Waals surface area contributed by atoms with E-state index in [-0.39, 0.29) is 28.6 Å². The van der Waals surface area contributed by atoms with Gasteiger partial charge in [0.05, 0.1) is 10.5 Å². The van der Waals surface area contributed by atoms with Gasteiger partial charge in [-0.2, -0.15) is 23.5 Å². The first-order valence-corrected chi connectivity index (χ1v) is 11.4. The van der Waals surface area contributed by atoms with Gasteiger partial charge in [0, 0.05) is 30.4 Å². The lowest BCUT2D eigenvalue weighted by molar-refractivity contribution is -0.141. The Morgan fingerprint density at radius 2 is 1.89 bits per heavy atom. The maximum Gasteiger partial charge on any atom is 0.433 e. The molecule has 1 fully saturated rings. The summed E-state index contributed by atoms with van der Waals surface area (Å²) in [5, 5.41) is 13.8. The number of alkyl halides is 3. The second-order valence-electron chi connectivity index (χ2n) is 8.26. The zero-order chi connectivity index (χ0) is 24.9. The Labute approximate surface area is 204 Å². The third kappa shape index (κ3) is 4.07. The molecule has 1 saturated carbocycles. The molecule has 0 aliphatic heterocycles. The van der Waals surface area contributed by atoms with Crippen molar-refractivity contribution >= 4 is 27.0 Å². The Bertz CT molecular complexity index is 1510. The van der Waals surface area contributed by atoms with Gasteiger partial charge >= 0.3 is 6.18 Å². The Morgan fingerprint density at radius 3 is 2.46 bits per heavy atom. The average molecular weight is 545 g/mol. The second kappa shape index (κ2) is 8.53. The fraction of sp³-hybridized carbons (Fsp3) is 0.318. The molecule has 0 bridgehead atoms. The molecule has 1 aliphatic rings. The Kier molecular flexibility index (Phi) is 5.63. The van der Waals surface area contributed by atoms with Gasteiger partial charge in [-0.05, 0) is 47.3 Å². The predicted molar refractivity (Wildman–Crippen MR) is 120 cm³/mol. The summed E-state index contributed by atoms with van der Waals surface area (Å²) in [6, 6.07) is 3.44. The Morgan fingerprint density at radius 1 is 1.17 bits per heavy atom. The molecule has 0 unspecified atom stereocenters. The average Bonchev–Trinajstić information content (AvgIpc) is 3.18. The topological polar surface area (TPSA) is 126 Å². The zero-order valence-corrected chi connectivity index (χ0v) is 19.7. The number of nitrogens with one attached hydrogen (secondary N) is 1. The van der Waals surface area contributed by atoms with Crippen LogP contribution in [0, 0.1) is 11.3 Å². The third-order valence-corrected chi connectivity index (χ3v) is 6.62. The number of fused-ring (bicyclic) bond motifs is 1. The summed E-state index contributed by atoms with van der Waals surface area (Å²) in [5.41, 5.74) is -1.05. The van der Waals surface area contributed by atoms with Crippen LogP contribution in [0.4, 0.5) is 13.2 Å². The molecule has 4 aromatic heterocycles. The van der Waals surface area contributed by atoms with E-state index in [4.69, 9.17) is 0 Å². The van der Waals surface area contributed by atoms with Crippen molar-refractivity contribution in [3.8, 4) is 6.07 Å². The number of H-pyrrole nitrogens is 1. The number of nitrogens with zero attached hydrogens (tertiary/aromatic N) is 7. The molecule has 0 spiro atoms. The van der Waals surface area contributed by atoms with E-state index in [2.05, 4.69) is 45.9 Å². The normalized spacial score (nSPS) is 18.7. The van der Waals surface area contributed by atoms with Crippen molar-refractivity contribution < 1.29 is 13.2 Å². The van der Waals surface area contributed by atoms with Gasteiger partial charge in [-0.25, -0.2) is 19.6 Å². The lowest BCUT2D eigenvalue weighted by Gasteiger charge is -2.34. The summed E-state index contributed by atoms with van der Waals surface area (Å²) in [4.78, 5) is 32.6. The zero-order valence-electron chi connectivity index (χ0n) is 18.1. The van der Waals surface area contributed by atoms with Gasteiger partial charge in [-0.15, -0.1) is 0 Å². The van der Waals surface area contributed by atoms with Crippen LogP contribution in [0.3, 0.4) is 0 Å². The maximum atomic E-state index is 13.0. The number of pyridine rings is 1. The van der Waals surface area contributed by atoms with Gasteiger partial charge in [0.1, 0.15) is 28.8 Å². The van der Waals surface area contributed by atoms with Gasteiger partial charge in [0.25, 0.3) is 5.56 Å². The van der Waals surface area contributed by atoms with Crippen LogP contribution in [-0.2, 0) is 6.18 Å². The monoisotopic (exact) mass is 544 g/mol. The van der Waals surface area contributed by atoms with E-state index in [0.29, 0.717) is 17.2 Å². The van der Waals surface area contributed by atoms with Crippen LogP contribution in [0.25, 0.3) is 11.0 Å². The molecule has 0 amide bonds. The highest BCUT2D eigenvalue weighted by Crippen LogP contribution is 2.46. The number of rotatable bonds is 4. The standard InChI is InChI=1S/C22H16BrF3N8O/c1-10(11-2-5-16(28-7-11)22(24,25)26)34-20-17(15(6-27)33-34)21(35)32-19(31-20)14-4-3-13(14)18-29-8-12(23)9-30-18/h2,5,7-10,13-14H,3-4H2,1H3,(H,31,32,35)/t10-,13+,14+/m0/s1. The fourth-order valence-electron chi connectivity index (χ4n) is 4.20. The summed E-state index contributed by atoms with van der Waals surface area (Å²) in [7, 11) is 0. The summed E-state index contributed by atoms with van der Waals surface area (Å²) < 4.78 is 40.8. The van der Waals surface area contributed by atoms with Crippen molar-refractivity contribution in [2.24, 2.45) is 0 Å². The molecule has 178 valence electrons. The van der Waals surface area contributed by atoms with Crippen molar-refractivity contribution in [1.29, 1.82) is 5.26 Å². The van der Waals surface area contributed by atoms with Crippen LogP contribution >= 0.6 is 15.9 Å². The first-order valence-electron chi connectivity index (χ1n) is 10.6. The van der Waals surface area contributed by atoms with E-state index < -0.39 is 23.5 Å². The van der Waals surface area contributed by atoms with Crippen LogP contribution in [0.5, 0.6) is 0 Å². The smallest absolute Gasteiger partial charge is 0.310 e. The van der Waals surface area contributed by atoms with Crippen LogP contribution in [0.2, 0.25) is 0 Å². The van der Waals surface area contributed by atoms with Gasteiger partial charge in [0.2, 0.25) is 0 Å². The molecular weight excluding hydrogens is 529 g/mol. The molecular formula is C22H16BrF3N8O. The molecule has 0 aromatic carbocycles. The minimum atomic E-state index is -4.56. The minimum absolute atomic E-state index is 0.0266. The van der Waals surface area contributed by atoms with E-state index in [9.17, 15) is 23.2 Å². The van der Waals surface area contributed by atoms with E-state index >= 15 is 0 Å². The second-order valence-corrected chi connectivity index (χ2v) is 9.17. The molecule has 1 N–H and O–H groups in total. The van der Waals surface area contributed by atoms with E-state index in [0.717, 1.165) is 29.6 Å². The number of hydrogen-bond donors (Lipinski definition) is 1. The molecule has 0 radical (unpaired) electrons. The van der Waals surface area contributed by atoms with Gasteiger partial charge in [-0.1, -0.05) is 6.07 Å². The minimum Gasteiger partial charge on any atom is -0.310 e. The molecule has 0 saturated heterocycles. The Hall–Kier alpha value is -3.66. The highest BCUT2D eigenvalue weighted by molar-refractivity contribution is 9.10. The molecule has 35 heavy (non-hydrogen) atoms. The van der Waals surface area contributed by atoms with Crippen LogP contribution in [-0.4, -0.2) is 34.7 Å². The number of hydrogen-bond acceptors (Lipinski definition) is 7. The van der Waals surface area contributed by atoms with E-state index in [1.54, 1.807) is 19.3 Å². The Balaban J connectivity index is 1.56. The highest BCUT2D eigenvalue weighted by Gasteiger charge is 2.38. The number of halogens is 4. The van der Waals surface area contributed by atoms with Crippen molar-refractivity contribution in [2.75, 3.05) is 0 Å². The summed E-state index contributed by atoms with van der Waals surface area (Å²) in [6.45, 7) is 1.68. The fourth-order valence-corrected chi connectivity index (χ4v) is 4.40. The first kappa shape index (κ1) is 23.1. The molecule has 1 aliphatic carbocycles. The first-order chi connectivity index (χ1) is 16.7. The van der Waals surface area contributed by atoms with Crippen molar-refractivity contribution in [3.63, 3.8) is 0 Å². The van der Waals surface area contributed by atoms with Crippen LogP contribution in [0.1, 0.15) is 66.2 Å². The van der Waals surface area contributed by atoms with Crippen molar-refractivity contribution in [1.82, 2.24) is 34.7 Å². The van der Waals surface area contributed by atoms with Crippen LogP contribution in [0.15, 0.2) is 40.0 Å². The molecule has 4 heterocycles. The van der Waals surface area contributed by atoms with E-state index in [1.807, 2.05) is 6.07 Å². The van der Waals surface area contributed by atoms with Gasteiger partial charge in [-0.3, -0.25) is 9.78 Å². The largest absolute Gasteiger partial charge is 0.433 e. The molecule has 4 aromatic rings. The highest BCUT2D eigenvalue weighted by atomic mass is 79.9.